The summed E-state index contributed by atoms with van der Waals surface area (Å²) in [4.78, 5) is 7.06. The molecule has 2 rings (SSSR count). The molecule has 0 radical (unpaired) electrons. The number of hydrogen-bond donors (Lipinski definition) is 2. The molecule has 0 bridgehead atoms. The fourth-order valence-electron chi connectivity index (χ4n) is 2.19. The molecule has 138 valence electrons. The van der Waals surface area contributed by atoms with E-state index in [0.29, 0.717) is 10.5 Å². The van der Waals surface area contributed by atoms with Gasteiger partial charge in [-0.1, -0.05) is 5.22 Å². The number of benzene rings is 1. The molecule has 6 nitrogen and oxygen atoms in total. The third kappa shape index (κ3) is 3.88. The molecule has 0 fully saturated rings. The highest BCUT2D eigenvalue weighted by Crippen LogP contribution is 2.46. The zero-order valence-corrected chi connectivity index (χ0v) is 14.5. The molecular formula is C15H12BrF4N5O. The van der Waals surface area contributed by atoms with Gasteiger partial charge in [0.25, 0.3) is 0 Å². The highest BCUT2D eigenvalue weighted by molar-refractivity contribution is 9.10. The number of pyridine rings is 1. The summed E-state index contributed by atoms with van der Waals surface area (Å²) in [5, 5.41) is 16.7. The van der Waals surface area contributed by atoms with Crippen LogP contribution in [-0.4, -0.2) is 23.0 Å². The van der Waals surface area contributed by atoms with Gasteiger partial charge < -0.3 is 10.9 Å². The number of halogens is 5. The SMILES string of the molecule is NN=NC=NCC(O)(c1ccc(F)cc1F)C(F)(F)c1ccc(Br)cn1. The summed E-state index contributed by atoms with van der Waals surface area (Å²) in [5.41, 5.74) is -4.86. The van der Waals surface area contributed by atoms with Crippen molar-refractivity contribution in [2.75, 3.05) is 6.54 Å². The van der Waals surface area contributed by atoms with Crippen molar-refractivity contribution in [1.82, 2.24) is 4.98 Å². The van der Waals surface area contributed by atoms with Crippen molar-refractivity contribution in [3.05, 3.63) is 63.9 Å². The van der Waals surface area contributed by atoms with Crippen LogP contribution < -0.4 is 5.84 Å². The van der Waals surface area contributed by atoms with Crippen molar-refractivity contribution >= 4 is 22.3 Å². The number of hydrogen-bond acceptors (Lipinski definition) is 4. The molecule has 0 spiro atoms. The van der Waals surface area contributed by atoms with Gasteiger partial charge in [0, 0.05) is 22.3 Å². The van der Waals surface area contributed by atoms with E-state index in [1.807, 2.05) is 0 Å². The molecule has 1 aromatic carbocycles. The summed E-state index contributed by atoms with van der Waals surface area (Å²) in [6.07, 6.45) is 1.81. The summed E-state index contributed by atoms with van der Waals surface area (Å²) in [7, 11) is 0. The average Bonchev–Trinajstić information content (AvgIpc) is 2.58. The van der Waals surface area contributed by atoms with Crippen molar-refractivity contribution in [2.45, 2.75) is 11.5 Å². The van der Waals surface area contributed by atoms with Crippen LogP contribution in [0.15, 0.2) is 56.3 Å². The summed E-state index contributed by atoms with van der Waals surface area (Å²) >= 11 is 3.06. The first-order valence-corrected chi connectivity index (χ1v) is 7.78. The third-order valence-electron chi connectivity index (χ3n) is 3.47. The zero-order valence-electron chi connectivity index (χ0n) is 13.0. The van der Waals surface area contributed by atoms with E-state index in [2.05, 4.69) is 36.2 Å². The van der Waals surface area contributed by atoms with Gasteiger partial charge in [-0.25, -0.2) is 8.78 Å². The fourth-order valence-corrected chi connectivity index (χ4v) is 2.43. The minimum absolute atomic E-state index is 0.384. The monoisotopic (exact) mass is 433 g/mol. The van der Waals surface area contributed by atoms with E-state index in [4.69, 9.17) is 5.84 Å². The molecule has 26 heavy (non-hydrogen) atoms. The summed E-state index contributed by atoms with van der Waals surface area (Å²) in [6.45, 7) is -1.01. The summed E-state index contributed by atoms with van der Waals surface area (Å²) in [6, 6.07) is 4.09. The van der Waals surface area contributed by atoms with Crippen molar-refractivity contribution in [3.8, 4) is 0 Å². The molecule has 0 amide bonds. The number of nitrogens with two attached hydrogens (primary N) is 1. The standard InChI is InChI=1S/C15H12BrF4N5O/c16-9-1-4-13(23-6-9)15(19,20)14(26,7-22-8-24-25-21)11-3-2-10(17)5-12(11)18/h1-6,8,26H,7H2,(H2,21,22,24). The van der Waals surface area contributed by atoms with Gasteiger partial charge in [0.2, 0.25) is 0 Å². The van der Waals surface area contributed by atoms with Crippen LogP contribution in [0.25, 0.3) is 0 Å². The first kappa shape index (κ1) is 19.9. The third-order valence-corrected chi connectivity index (χ3v) is 3.93. The lowest BCUT2D eigenvalue weighted by Crippen LogP contribution is -2.47. The molecule has 2 aromatic rings. The number of alkyl halides is 2. The van der Waals surface area contributed by atoms with Crippen LogP contribution in [0.3, 0.4) is 0 Å². The Kier molecular flexibility index (Phi) is 6.03. The van der Waals surface area contributed by atoms with Gasteiger partial charge in [-0.2, -0.15) is 8.78 Å². The predicted molar refractivity (Wildman–Crippen MR) is 88.5 cm³/mol. The van der Waals surface area contributed by atoms with Crippen LogP contribution in [0.4, 0.5) is 17.6 Å². The van der Waals surface area contributed by atoms with Gasteiger partial charge in [0.05, 0.1) is 6.54 Å². The number of nitrogens with zero attached hydrogens (tertiary/aromatic N) is 4. The molecule has 0 saturated carbocycles. The Bertz CT molecular complexity index is 831. The Balaban J connectivity index is 2.60. The minimum atomic E-state index is -4.08. The lowest BCUT2D eigenvalue weighted by Gasteiger charge is -2.34. The van der Waals surface area contributed by atoms with Crippen molar-refractivity contribution < 1.29 is 22.7 Å². The quantitative estimate of drug-likeness (QED) is 0.182. The molecular weight excluding hydrogens is 422 g/mol. The Morgan fingerprint density at radius 1 is 1.23 bits per heavy atom. The maximum atomic E-state index is 15.1. The molecule has 0 aliphatic rings. The van der Waals surface area contributed by atoms with Crippen molar-refractivity contribution in [3.63, 3.8) is 0 Å². The average molecular weight is 434 g/mol. The van der Waals surface area contributed by atoms with Gasteiger partial charge in [0.15, 0.2) is 5.60 Å². The maximum absolute atomic E-state index is 15.1. The van der Waals surface area contributed by atoms with Crippen LogP contribution in [0.2, 0.25) is 0 Å². The predicted octanol–water partition coefficient (Wildman–Crippen LogP) is 3.46. The van der Waals surface area contributed by atoms with Crippen LogP contribution in [0.5, 0.6) is 0 Å². The maximum Gasteiger partial charge on any atom is 0.323 e. The fraction of sp³-hybridized carbons (Fsp3) is 0.200. The normalized spacial score (nSPS) is 14.8. The van der Waals surface area contributed by atoms with Crippen molar-refractivity contribution in [1.29, 1.82) is 0 Å². The second kappa shape index (κ2) is 7.87. The number of aliphatic imine (C=N–C) groups is 1. The largest absolute Gasteiger partial charge is 0.377 e. The van der Waals surface area contributed by atoms with E-state index in [9.17, 15) is 13.9 Å². The second-order valence-corrected chi connectivity index (χ2v) is 6.02. The molecule has 0 aliphatic carbocycles. The lowest BCUT2D eigenvalue weighted by atomic mass is 9.84. The topological polar surface area (TPSA) is 96.2 Å². The Morgan fingerprint density at radius 2 is 1.96 bits per heavy atom. The molecule has 1 heterocycles. The van der Waals surface area contributed by atoms with Crippen LogP contribution in [0, 0.1) is 11.6 Å². The van der Waals surface area contributed by atoms with E-state index < -0.39 is 41.0 Å². The Morgan fingerprint density at radius 3 is 2.54 bits per heavy atom. The smallest absolute Gasteiger partial charge is 0.323 e. The molecule has 1 atom stereocenters. The van der Waals surface area contributed by atoms with E-state index in [1.165, 1.54) is 6.07 Å². The molecule has 0 aliphatic heterocycles. The number of rotatable bonds is 6. The van der Waals surface area contributed by atoms with Crippen LogP contribution in [0.1, 0.15) is 11.3 Å². The van der Waals surface area contributed by atoms with Crippen LogP contribution in [-0.2, 0) is 11.5 Å². The molecule has 0 saturated heterocycles. The number of aliphatic hydroxyl groups is 1. The Labute approximate surface area is 153 Å². The molecule has 1 aromatic heterocycles. The minimum Gasteiger partial charge on any atom is -0.377 e. The molecule has 1 unspecified atom stereocenters. The lowest BCUT2D eigenvalue weighted by molar-refractivity contribution is -0.193. The van der Waals surface area contributed by atoms with Gasteiger partial charge in [-0.05, 0) is 40.2 Å². The van der Waals surface area contributed by atoms with Gasteiger partial charge in [-0.3, -0.25) is 9.98 Å². The highest BCUT2D eigenvalue weighted by Gasteiger charge is 2.57. The van der Waals surface area contributed by atoms with Crippen molar-refractivity contribution in [2.24, 2.45) is 21.2 Å². The first-order valence-electron chi connectivity index (χ1n) is 6.98. The molecule has 11 heteroatoms. The second-order valence-electron chi connectivity index (χ2n) is 5.11. The van der Waals surface area contributed by atoms with Gasteiger partial charge in [0.1, 0.15) is 23.7 Å². The van der Waals surface area contributed by atoms with Gasteiger partial charge in [-0.15, -0.1) is 5.11 Å². The first-order chi connectivity index (χ1) is 12.2. The Hall–Kier alpha value is -2.40. The molecule has 3 N–H and O–H groups in total. The van der Waals surface area contributed by atoms with Crippen LogP contribution >= 0.6 is 15.9 Å². The highest BCUT2D eigenvalue weighted by atomic mass is 79.9. The van der Waals surface area contributed by atoms with Gasteiger partial charge >= 0.3 is 5.92 Å². The van der Waals surface area contributed by atoms with E-state index >= 15 is 8.78 Å². The number of aromatic nitrogens is 1. The zero-order chi connectivity index (χ0) is 19.4. The van der Waals surface area contributed by atoms with E-state index in [-0.39, 0.29) is 0 Å². The summed E-state index contributed by atoms with van der Waals surface area (Å²) in [5.74, 6) is -1.67. The van der Waals surface area contributed by atoms with E-state index in [0.717, 1.165) is 30.7 Å². The summed E-state index contributed by atoms with van der Waals surface area (Å²) < 4.78 is 57.9. The van der Waals surface area contributed by atoms with E-state index in [1.54, 1.807) is 0 Å².